The van der Waals surface area contributed by atoms with E-state index < -0.39 is 0 Å². The van der Waals surface area contributed by atoms with Gasteiger partial charge in [0.15, 0.2) is 0 Å². The van der Waals surface area contributed by atoms with Crippen LogP contribution in [0.2, 0.25) is 0 Å². The van der Waals surface area contributed by atoms with Crippen molar-refractivity contribution in [3.8, 4) is 0 Å². The van der Waals surface area contributed by atoms with Crippen molar-refractivity contribution in [3.05, 3.63) is 77.4 Å². The molecule has 0 bridgehead atoms. The SMILES string of the molecule is CC(C)(C)c1ccc(CN2N=C(C=Cc3ccccc3)CCC2=O)cc1. The van der Waals surface area contributed by atoms with Crippen LogP contribution in [0.25, 0.3) is 6.08 Å². The van der Waals surface area contributed by atoms with Crippen LogP contribution in [0.5, 0.6) is 0 Å². The standard InChI is InChI=1S/C23H26N2O/c1-23(2,3)20-12-9-19(10-13-20)17-25-22(26)16-15-21(24-25)14-11-18-7-5-4-6-8-18/h4-14H,15-17H2,1-3H3. The lowest BCUT2D eigenvalue weighted by atomic mass is 9.87. The Morgan fingerprint density at radius 2 is 1.65 bits per heavy atom. The van der Waals surface area contributed by atoms with E-state index in [2.05, 4.69) is 62.3 Å². The fourth-order valence-electron chi connectivity index (χ4n) is 2.90. The Morgan fingerprint density at radius 1 is 0.962 bits per heavy atom. The summed E-state index contributed by atoms with van der Waals surface area (Å²) in [5.74, 6) is 0.0850. The molecular formula is C23H26N2O. The molecule has 26 heavy (non-hydrogen) atoms. The first-order valence-corrected chi connectivity index (χ1v) is 9.12. The van der Waals surface area contributed by atoms with Gasteiger partial charge in [0.1, 0.15) is 0 Å². The highest BCUT2D eigenvalue weighted by Gasteiger charge is 2.20. The molecule has 3 nitrogen and oxygen atoms in total. The van der Waals surface area contributed by atoms with E-state index in [4.69, 9.17) is 0 Å². The molecule has 134 valence electrons. The number of allylic oxidation sites excluding steroid dienone is 1. The molecule has 2 aromatic rings. The van der Waals surface area contributed by atoms with Crippen molar-refractivity contribution in [2.24, 2.45) is 5.10 Å². The molecule has 0 unspecified atom stereocenters. The minimum absolute atomic E-state index is 0.0850. The molecule has 1 aliphatic rings. The molecule has 0 N–H and O–H groups in total. The second-order valence-corrected chi connectivity index (χ2v) is 7.73. The van der Waals surface area contributed by atoms with Crippen LogP contribution >= 0.6 is 0 Å². The Labute approximate surface area is 156 Å². The van der Waals surface area contributed by atoms with Crippen LogP contribution in [0.3, 0.4) is 0 Å². The number of hydrogen-bond acceptors (Lipinski definition) is 2. The second kappa shape index (κ2) is 7.69. The van der Waals surface area contributed by atoms with Gasteiger partial charge < -0.3 is 0 Å². The summed E-state index contributed by atoms with van der Waals surface area (Å²) in [4.78, 5) is 12.2. The summed E-state index contributed by atoms with van der Waals surface area (Å²) >= 11 is 0. The molecule has 0 atom stereocenters. The van der Waals surface area contributed by atoms with Crippen molar-refractivity contribution in [2.75, 3.05) is 0 Å². The average molecular weight is 346 g/mol. The van der Waals surface area contributed by atoms with Gasteiger partial charge in [0.2, 0.25) is 5.91 Å². The first-order chi connectivity index (χ1) is 12.4. The van der Waals surface area contributed by atoms with Crippen LogP contribution in [-0.2, 0) is 16.8 Å². The molecule has 1 amide bonds. The molecule has 0 spiro atoms. The van der Waals surface area contributed by atoms with Crippen molar-refractivity contribution in [3.63, 3.8) is 0 Å². The molecule has 0 aromatic heterocycles. The Balaban J connectivity index is 1.72. The number of rotatable bonds is 4. The Morgan fingerprint density at radius 3 is 2.31 bits per heavy atom. The molecule has 0 fully saturated rings. The van der Waals surface area contributed by atoms with Crippen molar-refractivity contribution < 1.29 is 4.79 Å². The fraction of sp³-hybridized carbons (Fsp3) is 0.304. The Kier molecular flexibility index (Phi) is 5.36. The summed E-state index contributed by atoms with van der Waals surface area (Å²) < 4.78 is 0. The molecular weight excluding hydrogens is 320 g/mol. The van der Waals surface area contributed by atoms with E-state index in [9.17, 15) is 4.79 Å². The van der Waals surface area contributed by atoms with Crippen LogP contribution < -0.4 is 0 Å². The lowest BCUT2D eigenvalue weighted by Crippen LogP contribution is -2.30. The van der Waals surface area contributed by atoms with Gasteiger partial charge >= 0.3 is 0 Å². The van der Waals surface area contributed by atoms with Crippen molar-refractivity contribution in [2.45, 2.75) is 45.6 Å². The molecule has 0 aliphatic carbocycles. The molecule has 0 saturated heterocycles. The summed E-state index contributed by atoms with van der Waals surface area (Å²) in [6, 6.07) is 18.6. The number of carbonyl (C=O) groups excluding carboxylic acids is 1. The third kappa shape index (κ3) is 4.69. The third-order valence-electron chi connectivity index (χ3n) is 4.55. The van der Waals surface area contributed by atoms with E-state index >= 15 is 0 Å². The number of hydrogen-bond donors (Lipinski definition) is 0. The fourth-order valence-corrected chi connectivity index (χ4v) is 2.90. The number of amides is 1. The Hall–Kier alpha value is -2.68. The maximum Gasteiger partial charge on any atom is 0.243 e. The lowest BCUT2D eigenvalue weighted by Gasteiger charge is -2.23. The summed E-state index contributed by atoms with van der Waals surface area (Å²) in [6.45, 7) is 7.12. The lowest BCUT2D eigenvalue weighted by molar-refractivity contribution is -0.132. The summed E-state index contributed by atoms with van der Waals surface area (Å²) in [5, 5.41) is 6.16. The predicted molar refractivity (Wildman–Crippen MR) is 108 cm³/mol. The molecule has 3 rings (SSSR count). The molecule has 2 aromatic carbocycles. The number of hydrazone groups is 1. The van der Waals surface area contributed by atoms with Crippen LogP contribution in [0.15, 0.2) is 65.8 Å². The minimum atomic E-state index is 0.0850. The predicted octanol–water partition coefficient (Wildman–Crippen LogP) is 5.18. The zero-order valence-corrected chi connectivity index (χ0v) is 15.8. The molecule has 1 heterocycles. The first-order valence-electron chi connectivity index (χ1n) is 9.12. The maximum atomic E-state index is 12.2. The van der Waals surface area contributed by atoms with Gasteiger partial charge in [-0.05, 0) is 28.2 Å². The molecule has 0 radical (unpaired) electrons. The topological polar surface area (TPSA) is 32.7 Å². The number of carbonyl (C=O) groups is 1. The molecule has 3 heteroatoms. The normalized spacial score (nSPS) is 15.4. The zero-order chi connectivity index (χ0) is 18.6. The monoisotopic (exact) mass is 346 g/mol. The highest BCUT2D eigenvalue weighted by Crippen LogP contribution is 2.23. The van der Waals surface area contributed by atoms with E-state index in [1.54, 1.807) is 5.01 Å². The summed E-state index contributed by atoms with van der Waals surface area (Å²) in [6.07, 6.45) is 5.27. The summed E-state index contributed by atoms with van der Waals surface area (Å²) in [5.41, 5.74) is 4.60. The maximum absolute atomic E-state index is 12.2. The minimum Gasteiger partial charge on any atom is -0.273 e. The zero-order valence-electron chi connectivity index (χ0n) is 15.8. The number of benzene rings is 2. The Bertz CT molecular complexity index is 812. The number of nitrogens with zero attached hydrogens (tertiary/aromatic N) is 2. The van der Waals surface area contributed by atoms with Crippen molar-refractivity contribution in [1.29, 1.82) is 0 Å². The van der Waals surface area contributed by atoms with Crippen LogP contribution in [0.4, 0.5) is 0 Å². The van der Waals surface area contributed by atoms with E-state index in [1.165, 1.54) is 5.56 Å². The molecule has 0 saturated carbocycles. The van der Waals surface area contributed by atoms with E-state index in [0.717, 1.165) is 16.8 Å². The van der Waals surface area contributed by atoms with Gasteiger partial charge in [-0.3, -0.25) is 4.79 Å². The van der Waals surface area contributed by atoms with Crippen LogP contribution in [0.1, 0.15) is 50.3 Å². The highest BCUT2D eigenvalue weighted by atomic mass is 16.2. The van der Waals surface area contributed by atoms with Gasteiger partial charge in [-0.25, -0.2) is 5.01 Å². The highest BCUT2D eigenvalue weighted by molar-refractivity contribution is 6.02. The quantitative estimate of drug-likeness (QED) is 0.751. The van der Waals surface area contributed by atoms with Gasteiger partial charge in [0.25, 0.3) is 0 Å². The van der Waals surface area contributed by atoms with Gasteiger partial charge in [0.05, 0.1) is 12.3 Å². The van der Waals surface area contributed by atoms with Crippen molar-refractivity contribution in [1.82, 2.24) is 5.01 Å². The van der Waals surface area contributed by atoms with Gasteiger partial charge in [0, 0.05) is 12.8 Å². The van der Waals surface area contributed by atoms with Crippen LogP contribution in [-0.4, -0.2) is 16.6 Å². The van der Waals surface area contributed by atoms with Gasteiger partial charge in [-0.15, -0.1) is 0 Å². The molecule has 1 aliphatic heterocycles. The average Bonchev–Trinajstić information content (AvgIpc) is 2.63. The van der Waals surface area contributed by atoms with Crippen LogP contribution in [0, 0.1) is 0 Å². The van der Waals surface area contributed by atoms with Crippen molar-refractivity contribution >= 4 is 17.7 Å². The van der Waals surface area contributed by atoms with E-state index in [0.29, 0.717) is 19.4 Å². The largest absolute Gasteiger partial charge is 0.273 e. The third-order valence-corrected chi connectivity index (χ3v) is 4.55. The van der Waals surface area contributed by atoms with Gasteiger partial charge in [-0.1, -0.05) is 81.4 Å². The van der Waals surface area contributed by atoms with E-state index in [1.807, 2.05) is 30.4 Å². The second-order valence-electron chi connectivity index (χ2n) is 7.73. The van der Waals surface area contributed by atoms with Gasteiger partial charge in [-0.2, -0.15) is 5.10 Å². The first kappa shape index (κ1) is 18.1. The van der Waals surface area contributed by atoms with E-state index in [-0.39, 0.29) is 11.3 Å². The smallest absolute Gasteiger partial charge is 0.243 e. The summed E-state index contributed by atoms with van der Waals surface area (Å²) in [7, 11) is 0.